The number of rotatable bonds is 1. The van der Waals surface area contributed by atoms with Gasteiger partial charge in [0.15, 0.2) is 0 Å². The molecule has 0 bridgehead atoms. The highest BCUT2D eigenvalue weighted by Gasteiger charge is 2.34. The normalized spacial score (nSPS) is 19.2. The van der Waals surface area contributed by atoms with Gasteiger partial charge in [0.2, 0.25) is 0 Å². The van der Waals surface area contributed by atoms with E-state index in [1.165, 1.54) is 13.1 Å². The third-order valence-corrected chi connectivity index (χ3v) is 1.99. The lowest BCUT2D eigenvalue weighted by atomic mass is 9.83. The SMILES string of the molecule is CC.CC.CC(C)N1CC(C)(C)C1. The van der Waals surface area contributed by atoms with E-state index in [4.69, 9.17) is 0 Å². The Kier molecular flexibility index (Phi) is 8.75. The van der Waals surface area contributed by atoms with Crippen LogP contribution in [0, 0.1) is 5.41 Å². The molecule has 1 saturated heterocycles. The Morgan fingerprint density at radius 3 is 1.31 bits per heavy atom. The van der Waals surface area contributed by atoms with Crippen LogP contribution < -0.4 is 0 Å². The van der Waals surface area contributed by atoms with Crippen LogP contribution in [-0.2, 0) is 0 Å². The highest BCUT2D eigenvalue weighted by atomic mass is 15.2. The molecule has 82 valence electrons. The molecule has 1 aliphatic heterocycles. The van der Waals surface area contributed by atoms with Crippen LogP contribution in [0.3, 0.4) is 0 Å². The molecule has 1 heterocycles. The zero-order valence-corrected chi connectivity index (χ0v) is 10.9. The van der Waals surface area contributed by atoms with Gasteiger partial charge in [-0.3, -0.25) is 4.90 Å². The van der Waals surface area contributed by atoms with Gasteiger partial charge in [-0.15, -0.1) is 0 Å². The van der Waals surface area contributed by atoms with Crippen molar-refractivity contribution in [3.8, 4) is 0 Å². The second-order valence-corrected chi connectivity index (χ2v) is 4.16. The maximum atomic E-state index is 2.50. The molecule has 0 amide bonds. The molecule has 0 aliphatic carbocycles. The Morgan fingerprint density at radius 2 is 1.23 bits per heavy atom. The van der Waals surface area contributed by atoms with E-state index in [0.717, 1.165) is 6.04 Å². The summed E-state index contributed by atoms with van der Waals surface area (Å²) in [5.74, 6) is 0. The van der Waals surface area contributed by atoms with Crippen LogP contribution in [0.4, 0.5) is 0 Å². The molecule has 0 unspecified atom stereocenters. The zero-order valence-electron chi connectivity index (χ0n) is 10.9. The maximum Gasteiger partial charge on any atom is 0.00479 e. The number of likely N-dealkylation sites (tertiary alicyclic amines) is 1. The summed E-state index contributed by atoms with van der Waals surface area (Å²) in [5, 5.41) is 0. The van der Waals surface area contributed by atoms with Crippen LogP contribution >= 0.6 is 0 Å². The van der Waals surface area contributed by atoms with Crippen LogP contribution in [0.1, 0.15) is 55.4 Å². The third kappa shape index (κ3) is 6.09. The molecule has 0 radical (unpaired) electrons. The standard InChI is InChI=1S/C8H17N.2C2H6/c1-7(2)9-5-8(3,4)6-9;2*1-2/h7H,5-6H2,1-4H3;2*1-2H3. The lowest BCUT2D eigenvalue weighted by Gasteiger charge is -2.48. The van der Waals surface area contributed by atoms with Gasteiger partial charge in [-0.2, -0.15) is 0 Å². The molecule has 1 rings (SSSR count). The van der Waals surface area contributed by atoms with Gasteiger partial charge in [-0.05, 0) is 19.3 Å². The topological polar surface area (TPSA) is 3.24 Å². The van der Waals surface area contributed by atoms with Gasteiger partial charge in [-0.25, -0.2) is 0 Å². The van der Waals surface area contributed by atoms with Gasteiger partial charge < -0.3 is 0 Å². The Bertz CT molecular complexity index is 97.7. The lowest BCUT2D eigenvalue weighted by Crippen LogP contribution is -2.55. The summed E-state index contributed by atoms with van der Waals surface area (Å²) in [5.41, 5.74) is 0.601. The molecule has 1 fully saturated rings. The van der Waals surface area contributed by atoms with E-state index in [9.17, 15) is 0 Å². The first-order valence-electron chi connectivity index (χ1n) is 5.75. The van der Waals surface area contributed by atoms with Crippen LogP contribution in [0.25, 0.3) is 0 Å². The Labute approximate surface area is 85.5 Å². The van der Waals surface area contributed by atoms with Crippen LogP contribution in [-0.4, -0.2) is 24.0 Å². The first kappa shape index (κ1) is 15.4. The fourth-order valence-electron chi connectivity index (χ4n) is 1.42. The average Bonchev–Trinajstić information content (AvgIpc) is 2.07. The first-order chi connectivity index (χ1) is 6.01. The van der Waals surface area contributed by atoms with Crippen LogP contribution in [0.15, 0.2) is 0 Å². The van der Waals surface area contributed by atoms with Gasteiger partial charge >= 0.3 is 0 Å². The molecule has 0 spiro atoms. The minimum Gasteiger partial charge on any atom is -0.300 e. The van der Waals surface area contributed by atoms with Crippen molar-refractivity contribution >= 4 is 0 Å². The Balaban J connectivity index is 0. The van der Waals surface area contributed by atoms with Gasteiger partial charge in [0, 0.05) is 19.1 Å². The summed E-state index contributed by atoms with van der Waals surface area (Å²) in [6.07, 6.45) is 0. The van der Waals surface area contributed by atoms with E-state index in [0.29, 0.717) is 5.41 Å². The van der Waals surface area contributed by atoms with Crippen molar-refractivity contribution in [2.75, 3.05) is 13.1 Å². The Morgan fingerprint density at radius 1 is 0.923 bits per heavy atom. The van der Waals surface area contributed by atoms with Gasteiger partial charge in [-0.1, -0.05) is 41.5 Å². The zero-order chi connectivity index (χ0) is 11.1. The molecule has 0 aromatic heterocycles. The van der Waals surface area contributed by atoms with E-state index >= 15 is 0 Å². The average molecular weight is 187 g/mol. The molecule has 0 saturated carbocycles. The predicted octanol–water partition coefficient (Wildman–Crippen LogP) is 3.79. The summed E-state index contributed by atoms with van der Waals surface area (Å²) < 4.78 is 0. The molecule has 1 aliphatic rings. The molecule has 1 nitrogen and oxygen atoms in total. The summed E-state index contributed by atoms with van der Waals surface area (Å²) in [4.78, 5) is 2.50. The maximum absolute atomic E-state index is 2.50. The summed E-state index contributed by atoms with van der Waals surface area (Å²) in [6.45, 7) is 19.7. The van der Waals surface area contributed by atoms with E-state index in [-0.39, 0.29) is 0 Å². The van der Waals surface area contributed by atoms with E-state index < -0.39 is 0 Å². The number of hydrogen-bond acceptors (Lipinski definition) is 1. The highest BCUT2D eigenvalue weighted by molar-refractivity contribution is 4.88. The quantitative estimate of drug-likeness (QED) is 0.604. The molecule has 0 atom stereocenters. The van der Waals surface area contributed by atoms with Gasteiger partial charge in [0.25, 0.3) is 0 Å². The second-order valence-electron chi connectivity index (χ2n) is 4.16. The van der Waals surface area contributed by atoms with Crippen molar-refractivity contribution in [1.29, 1.82) is 0 Å². The molecule has 13 heavy (non-hydrogen) atoms. The van der Waals surface area contributed by atoms with Crippen LogP contribution in [0.5, 0.6) is 0 Å². The lowest BCUT2D eigenvalue weighted by molar-refractivity contribution is 0.00572. The monoisotopic (exact) mass is 187 g/mol. The minimum absolute atomic E-state index is 0.601. The van der Waals surface area contributed by atoms with Gasteiger partial charge in [0.1, 0.15) is 0 Å². The second kappa shape index (κ2) is 7.37. The molecular formula is C12H29N. The van der Waals surface area contributed by atoms with Gasteiger partial charge in [0.05, 0.1) is 0 Å². The van der Waals surface area contributed by atoms with Crippen molar-refractivity contribution in [3.63, 3.8) is 0 Å². The first-order valence-corrected chi connectivity index (χ1v) is 5.75. The molecule has 0 aromatic rings. The smallest absolute Gasteiger partial charge is 0.00479 e. The number of nitrogens with zero attached hydrogens (tertiary/aromatic N) is 1. The molecular weight excluding hydrogens is 158 g/mol. The van der Waals surface area contributed by atoms with E-state index in [1.807, 2.05) is 27.7 Å². The highest BCUT2D eigenvalue weighted by Crippen LogP contribution is 2.29. The summed E-state index contributed by atoms with van der Waals surface area (Å²) in [6, 6.07) is 0.748. The van der Waals surface area contributed by atoms with Crippen molar-refractivity contribution < 1.29 is 0 Å². The number of hydrogen-bond donors (Lipinski definition) is 0. The van der Waals surface area contributed by atoms with Crippen LogP contribution in [0.2, 0.25) is 0 Å². The molecule has 0 aromatic carbocycles. The molecule has 0 N–H and O–H groups in total. The minimum atomic E-state index is 0.601. The van der Waals surface area contributed by atoms with Crippen molar-refractivity contribution in [1.82, 2.24) is 4.90 Å². The fourth-order valence-corrected chi connectivity index (χ4v) is 1.42. The molecule has 1 heteroatoms. The Hall–Kier alpha value is -0.0400. The summed E-state index contributed by atoms with van der Waals surface area (Å²) >= 11 is 0. The largest absolute Gasteiger partial charge is 0.300 e. The fraction of sp³-hybridized carbons (Fsp3) is 1.00. The van der Waals surface area contributed by atoms with Crippen molar-refractivity contribution in [3.05, 3.63) is 0 Å². The van der Waals surface area contributed by atoms with E-state index in [2.05, 4.69) is 32.6 Å². The van der Waals surface area contributed by atoms with E-state index in [1.54, 1.807) is 0 Å². The van der Waals surface area contributed by atoms with Crippen molar-refractivity contribution in [2.45, 2.75) is 61.4 Å². The third-order valence-electron chi connectivity index (χ3n) is 1.99. The van der Waals surface area contributed by atoms with Crippen molar-refractivity contribution in [2.24, 2.45) is 5.41 Å². The predicted molar refractivity (Wildman–Crippen MR) is 63.2 cm³/mol. The summed E-state index contributed by atoms with van der Waals surface area (Å²) in [7, 11) is 0.